The van der Waals surface area contributed by atoms with Crippen molar-refractivity contribution in [3.05, 3.63) is 83.3 Å². The van der Waals surface area contributed by atoms with Crippen LogP contribution >= 0.6 is 12.2 Å². The fourth-order valence-corrected chi connectivity index (χ4v) is 3.42. The van der Waals surface area contributed by atoms with Crippen LogP contribution in [0.25, 0.3) is 0 Å². The average Bonchev–Trinajstić information content (AvgIpc) is 2.76. The van der Waals surface area contributed by atoms with Gasteiger partial charge in [0.1, 0.15) is 19.0 Å². The summed E-state index contributed by atoms with van der Waals surface area (Å²) in [4.78, 5) is 12.6. The fraction of sp³-hybridized carbons (Fsp3) is 0.217. The maximum absolute atomic E-state index is 13.1. The van der Waals surface area contributed by atoms with Crippen LogP contribution in [0.15, 0.2) is 66.4 Å². The number of benzene rings is 2. The van der Waals surface area contributed by atoms with Crippen LogP contribution < -0.4 is 20.1 Å². The SMILES string of the molecule is C=CCOC(=O)C1=C(C)NC(=S)N[C@H]1c1ccc(OCc2ccc(F)cc2)c(OC)c1. The van der Waals surface area contributed by atoms with Crippen molar-refractivity contribution in [3.8, 4) is 11.5 Å². The Morgan fingerprint density at radius 1 is 1.23 bits per heavy atom. The lowest BCUT2D eigenvalue weighted by atomic mass is 9.95. The average molecular weight is 443 g/mol. The predicted octanol–water partition coefficient (Wildman–Crippen LogP) is 3.94. The normalized spacial score (nSPS) is 15.6. The van der Waals surface area contributed by atoms with Gasteiger partial charge in [-0.3, -0.25) is 0 Å². The number of halogens is 1. The Morgan fingerprint density at radius 2 is 1.97 bits per heavy atom. The molecular formula is C23H23FN2O4S. The van der Waals surface area contributed by atoms with Crippen molar-refractivity contribution >= 4 is 23.3 Å². The number of allylic oxidation sites excluding steroid dienone is 1. The van der Waals surface area contributed by atoms with Crippen molar-refractivity contribution in [2.75, 3.05) is 13.7 Å². The molecule has 162 valence electrons. The van der Waals surface area contributed by atoms with Gasteiger partial charge in [0.2, 0.25) is 0 Å². The molecule has 0 saturated heterocycles. The Labute approximate surface area is 185 Å². The molecule has 0 aliphatic carbocycles. The second-order valence-corrected chi connectivity index (χ2v) is 7.19. The number of nitrogens with one attached hydrogen (secondary N) is 2. The number of rotatable bonds is 8. The van der Waals surface area contributed by atoms with Crippen LogP contribution in [0.3, 0.4) is 0 Å². The zero-order chi connectivity index (χ0) is 22.4. The fourth-order valence-electron chi connectivity index (χ4n) is 3.15. The van der Waals surface area contributed by atoms with E-state index < -0.39 is 12.0 Å². The van der Waals surface area contributed by atoms with E-state index >= 15 is 0 Å². The van der Waals surface area contributed by atoms with Crippen molar-refractivity contribution in [3.63, 3.8) is 0 Å². The molecule has 0 saturated carbocycles. The van der Waals surface area contributed by atoms with Gasteiger partial charge in [-0.1, -0.05) is 30.9 Å². The molecule has 2 aromatic carbocycles. The molecule has 31 heavy (non-hydrogen) atoms. The summed E-state index contributed by atoms with van der Waals surface area (Å²) < 4.78 is 29.7. The van der Waals surface area contributed by atoms with E-state index in [4.69, 9.17) is 26.4 Å². The van der Waals surface area contributed by atoms with Gasteiger partial charge in [0.25, 0.3) is 0 Å². The zero-order valence-electron chi connectivity index (χ0n) is 17.2. The van der Waals surface area contributed by atoms with E-state index in [0.29, 0.717) is 27.9 Å². The number of carbonyl (C=O) groups excluding carboxylic acids is 1. The Hall–Kier alpha value is -3.39. The van der Waals surface area contributed by atoms with E-state index in [2.05, 4.69) is 17.2 Å². The summed E-state index contributed by atoms with van der Waals surface area (Å²) in [5.41, 5.74) is 2.60. The molecule has 1 heterocycles. The van der Waals surface area contributed by atoms with Gasteiger partial charge in [0, 0.05) is 5.70 Å². The molecule has 0 radical (unpaired) electrons. The minimum atomic E-state index is -0.522. The third-order valence-corrected chi connectivity index (χ3v) is 4.87. The van der Waals surface area contributed by atoms with Crippen LogP contribution in [0, 0.1) is 5.82 Å². The van der Waals surface area contributed by atoms with Gasteiger partial charge in [-0.25, -0.2) is 9.18 Å². The number of ether oxygens (including phenoxy) is 3. The van der Waals surface area contributed by atoms with E-state index in [1.807, 2.05) is 6.07 Å². The molecule has 8 heteroatoms. The first kappa shape index (κ1) is 22.3. The molecule has 0 bridgehead atoms. The number of hydrogen-bond acceptors (Lipinski definition) is 5. The predicted molar refractivity (Wildman–Crippen MR) is 119 cm³/mol. The zero-order valence-corrected chi connectivity index (χ0v) is 18.1. The summed E-state index contributed by atoms with van der Waals surface area (Å²) in [5, 5.41) is 6.47. The lowest BCUT2D eigenvalue weighted by Gasteiger charge is -2.30. The maximum atomic E-state index is 13.1. The first-order chi connectivity index (χ1) is 14.9. The summed E-state index contributed by atoms with van der Waals surface area (Å²) in [6.45, 7) is 5.69. The third kappa shape index (κ3) is 5.40. The summed E-state index contributed by atoms with van der Waals surface area (Å²) >= 11 is 5.27. The minimum absolute atomic E-state index is 0.103. The van der Waals surface area contributed by atoms with E-state index in [1.165, 1.54) is 25.3 Å². The van der Waals surface area contributed by atoms with Crippen LogP contribution in [0.1, 0.15) is 24.1 Å². The first-order valence-corrected chi connectivity index (χ1v) is 9.95. The summed E-state index contributed by atoms with van der Waals surface area (Å²) in [6.07, 6.45) is 1.51. The number of methoxy groups -OCH3 is 1. The van der Waals surface area contributed by atoms with E-state index in [0.717, 1.165) is 11.1 Å². The monoisotopic (exact) mass is 442 g/mol. The Balaban J connectivity index is 1.86. The Kier molecular flexibility index (Phi) is 7.25. The van der Waals surface area contributed by atoms with Gasteiger partial charge in [-0.15, -0.1) is 0 Å². The third-order valence-electron chi connectivity index (χ3n) is 4.65. The lowest BCUT2D eigenvalue weighted by Crippen LogP contribution is -2.45. The van der Waals surface area contributed by atoms with Crippen LogP contribution in [0.2, 0.25) is 0 Å². The van der Waals surface area contributed by atoms with Gasteiger partial charge < -0.3 is 24.8 Å². The molecular weight excluding hydrogens is 419 g/mol. The Morgan fingerprint density at radius 3 is 2.65 bits per heavy atom. The van der Waals surface area contributed by atoms with Gasteiger partial charge in [-0.05, 0) is 54.5 Å². The molecule has 0 amide bonds. The Bertz CT molecular complexity index is 1020. The van der Waals surface area contributed by atoms with Crippen molar-refractivity contribution in [2.45, 2.75) is 19.6 Å². The van der Waals surface area contributed by atoms with E-state index in [-0.39, 0.29) is 19.0 Å². The van der Waals surface area contributed by atoms with Crippen LogP contribution in [-0.2, 0) is 16.1 Å². The maximum Gasteiger partial charge on any atom is 0.338 e. The van der Waals surface area contributed by atoms with Crippen LogP contribution in [0.4, 0.5) is 4.39 Å². The topological polar surface area (TPSA) is 68.8 Å². The summed E-state index contributed by atoms with van der Waals surface area (Å²) in [5.74, 6) is 0.232. The molecule has 0 fully saturated rings. The van der Waals surface area contributed by atoms with Crippen molar-refractivity contribution in [1.82, 2.24) is 10.6 Å². The molecule has 2 N–H and O–H groups in total. The molecule has 0 aromatic heterocycles. The molecule has 0 spiro atoms. The molecule has 1 aliphatic heterocycles. The minimum Gasteiger partial charge on any atom is -0.493 e. The molecule has 6 nitrogen and oxygen atoms in total. The highest BCUT2D eigenvalue weighted by Gasteiger charge is 2.31. The highest BCUT2D eigenvalue weighted by molar-refractivity contribution is 7.80. The second-order valence-electron chi connectivity index (χ2n) is 6.78. The molecule has 2 aromatic rings. The van der Waals surface area contributed by atoms with Crippen LogP contribution in [-0.4, -0.2) is 24.8 Å². The standard InChI is InChI=1S/C23H23FN2O4S/c1-4-11-29-22(27)20-14(2)25-23(31)26-21(20)16-7-10-18(19(12-16)28-3)30-13-15-5-8-17(24)9-6-15/h4-10,12,21H,1,11,13H2,2-3H3,(H2,25,26,31)/t21-/m0/s1. The van der Waals surface area contributed by atoms with Crippen molar-refractivity contribution in [2.24, 2.45) is 0 Å². The quantitative estimate of drug-likeness (QED) is 0.365. The van der Waals surface area contributed by atoms with Crippen LogP contribution in [0.5, 0.6) is 11.5 Å². The number of hydrogen-bond donors (Lipinski definition) is 2. The van der Waals surface area contributed by atoms with Gasteiger partial charge in [0.15, 0.2) is 16.6 Å². The van der Waals surface area contributed by atoms with Gasteiger partial charge in [-0.2, -0.15) is 0 Å². The van der Waals surface area contributed by atoms with Gasteiger partial charge >= 0.3 is 5.97 Å². The largest absolute Gasteiger partial charge is 0.493 e. The second kappa shape index (κ2) is 10.1. The van der Waals surface area contributed by atoms with Gasteiger partial charge in [0.05, 0.1) is 18.7 Å². The number of carbonyl (C=O) groups is 1. The molecule has 1 aliphatic rings. The molecule has 3 rings (SSSR count). The van der Waals surface area contributed by atoms with E-state index in [1.54, 1.807) is 31.2 Å². The number of thiocarbonyl (C=S) groups is 1. The lowest BCUT2D eigenvalue weighted by molar-refractivity contribution is -0.138. The first-order valence-electron chi connectivity index (χ1n) is 9.54. The summed E-state index contributed by atoms with van der Waals surface area (Å²) in [6, 6.07) is 10.9. The highest BCUT2D eigenvalue weighted by Crippen LogP contribution is 2.35. The van der Waals surface area contributed by atoms with E-state index in [9.17, 15) is 9.18 Å². The molecule has 1 atom stereocenters. The van der Waals surface area contributed by atoms with Crippen molar-refractivity contribution < 1.29 is 23.4 Å². The van der Waals surface area contributed by atoms with Crippen molar-refractivity contribution in [1.29, 1.82) is 0 Å². The summed E-state index contributed by atoms with van der Waals surface area (Å²) in [7, 11) is 1.53. The highest BCUT2D eigenvalue weighted by atomic mass is 32.1. The molecule has 0 unspecified atom stereocenters. The smallest absolute Gasteiger partial charge is 0.338 e. The number of esters is 1.